The molecule has 1 aromatic rings. The van der Waals surface area contributed by atoms with Gasteiger partial charge in [0.05, 0.1) is 24.8 Å². The Balaban J connectivity index is 2.31. The van der Waals surface area contributed by atoms with Crippen LogP contribution in [0.2, 0.25) is 5.02 Å². The third kappa shape index (κ3) is 2.24. The third-order valence-corrected chi connectivity index (χ3v) is 2.87. The summed E-state index contributed by atoms with van der Waals surface area (Å²) >= 11 is 5.90. The zero-order chi connectivity index (χ0) is 11.5. The monoisotopic (exact) mass is 243 g/mol. The number of morpholine rings is 1. The van der Waals surface area contributed by atoms with Crippen LogP contribution in [0, 0.1) is 0 Å². The highest BCUT2D eigenvalue weighted by molar-refractivity contribution is 6.32. The van der Waals surface area contributed by atoms with Crippen LogP contribution < -0.4 is 10.1 Å². The van der Waals surface area contributed by atoms with Crippen LogP contribution in [-0.2, 0) is 4.74 Å². The molecule has 1 heterocycles. The van der Waals surface area contributed by atoms with Gasteiger partial charge in [0.1, 0.15) is 11.5 Å². The smallest absolute Gasteiger partial charge is 0.138 e. The van der Waals surface area contributed by atoms with Crippen molar-refractivity contribution in [3.63, 3.8) is 0 Å². The Labute approximate surface area is 99.1 Å². The number of methoxy groups -OCH3 is 1. The molecule has 1 aliphatic rings. The molecule has 0 radical (unpaired) electrons. The van der Waals surface area contributed by atoms with E-state index in [0.717, 1.165) is 6.54 Å². The lowest BCUT2D eigenvalue weighted by atomic mass is 10.1. The minimum atomic E-state index is -0.153. The predicted molar refractivity (Wildman–Crippen MR) is 61.2 cm³/mol. The SMILES string of the molecule is COc1cc(C2CNCCO2)c(O)cc1Cl. The van der Waals surface area contributed by atoms with Crippen LogP contribution in [0.4, 0.5) is 0 Å². The molecule has 0 spiro atoms. The fraction of sp³-hybridized carbons (Fsp3) is 0.455. The van der Waals surface area contributed by atoms with Gasteiger partial charge in [-0.3, -0.25) is 0 Å². The summed E-state index contributed by atoms with van der Waals surface area (Å²) < 4.78 is 10.7. The largest absolute Gasteiger partial charge is 0.508 e. The van der Waals surface area contributed by atoms with Gasteiger partial charge in [0.2, 0.25) is 0 Å². The maximum atomic E-state index is 9.82. The van der Waals surface area contributed by atoms with Gasteiger partial charge in [-0.1, -0.05) is 11.6 Å². The van der Waals surface area contributed by atoms with Crippen LogP contribution in [0.1, 0.15) is 11.7 Å². The number of phenols is 1. The quantitative estimate of drug-likeness (QED) is 0.831. The second kappa shape index (κ2) is 4.91. The molecule has 1 atom stereocenters. The molecule has 2 rings (SSSR count). The van der Waals surface area contributed by atoms with Gasteiger partial charge in [-0.25, -0.2) is 0 Å². The Morgan fingerprint density at radius 1 is 1.56 bits per heavy atom. The van der Waals surface area contributed by atoms with Crippen LogP contribution in [0.3, 0.4) is 0 Å². The van der Waals surface area contributed by atoms with Crippen LogP contribution in [0.5, 0.6) is 11.5 Å². The fourth-order valence-corrected chi connectivity index (χ4v) is 1.97. The van der Waals surface area contributed by atoms with Gasteiger partial charge in [0.25, 0.3) is 0 Å². The maximum Gasteiger partial charge on any atom is 0.138 e. The number of rotatable bonds is 2. The molecule has 4 nitrogen and oxygen atoms in total. The lowest BCUT2D eigenvalue weighted by Crippen LogP contribution is -2.33. The average Bonchev–Trinajstić information content (AvgIpc) is 2.30. The Hall–Kier alpha value is -0.970. The van der Waals surface area contributed by atoms with E-state index < -0.39 is 0 Å². The summed E-state index contributed by atoms with van der Waals surface area (Å²) in [6, 6.07) is 3.20. The van der Waals surface area contributed by atoms with Gasteiger partial charge < -0.3 is 19.9 Å². The Kier molecular flexibility index (Phi) is 3.53. The van der Waals surface area contributed by atoms with E-state index >= 15 is 0 Å². The average molecular weight is 244 g/mol. The van der Waals surface area contributed by atoms with E-state index in [0.29, 0.717) is 29.5 Å². The number of ether oxygens (including phenoxy) is 2. The Bertz CT molecular complexity index is 378. The van der Waals surface area contributed by atoms with Gasteiger partial charge in [0, 0.05) is 24.7 Å². The zero-order valence-corrected chi connectivity index (χ0v) is 9.75. The number of phenolic OH excluding ortho intramolecular Hbond substituents is 1. The molecule has 16 heavy (non-hydrogen) atoms. The normalized spacial score (nSPS) is 20.8. The summed E-state index contributed by atoms with van der Waals surface area (Å²) in [5, 5.41) is 13.4. The van der Waals surface area contributed by atoms with Gasteiger partial charge in [0.15, 0.2) is 0 Å². The van der Waals surface area contributed by atoms with E-state index in [2.05, 4.69) is 5.32 Å². The van der Waals surface area contributed by atoms with E-state index in [4.69, 9.17) is 21.1 Å². The van der Waals surface area contributed by atoms with Gasteiger partial charge in [-0.05, 0) is 6.07 Å². The lowest BCUT2D eigenvalue weighted by molar-refractivity contribution is 0.0262. The van der Waals surface area contributed by atoms with Crippen molar-refractivity contribution >= 4 is 11.6 Å². The highest BCUT2D eigenvalue weighted by Crippen LogP contribution is 2.36. The van der Waals surface area contributed by atoms with E-state index in [1.54, 1.807) is 13.2 Å². The Morgan fingerprint density at radius 2 is 2.38 bits per heavy atom. The summed E-state index contributed by atoms with van der Waals surface area (Å²) in [6.45, 7) is 2.15. The first-order valence-corrected chi connectivity index (χ1v) is 5.49. The molecule has 2 N–H and O–H groups in total. The van der Waals surface area contributed by atoms with Crippen molar-refractivity contribution in [1.29, 1.82) is 0 Å². The number of aromatic hydroxyl groups is 1. The summed E-state index contributed by atoms with van der Waals surface area (Å²) in [6.07, 6.45) is -0.153. The van der Waals surface area contributed by atoms with Crippen molar-refractivity contribution in [1.82, 2.24) is 5.32 Å². The molecule has 1 unspecified atom stereocenters. The van der Waals surface area contributed by atoms with Crippen molar-refractivity contribution < 1.29 is 14.6 Å². The number of hydrogen-bond acceptors (Lipinski definition) is 4. The molecule has 1 fully saturated rings. The molecule has 88 valence electrons. The number of nitrogens with one attached hydrogen (secondary N) is 1. The summed E-state index contributed by atoms with van der Waals surface area (Å²) in [4.78, 5) is 0. The molecule has 1 saturated heterocycles. The van der Waals surface area contributed by atoms with Crippen molar-refractivity contribution in [2.75, 3.05) is 26.8 Å². The molecular weight excluding hydrogens is 230 g/mol. The van der Waals surface area contributed by atoms with E-state index in [-0.39, 0.29) is 11.9 Å². The first-order valence-electron chi connectivity index (χ1n) is 5.11. The zero-order valence-electron chi connectivity index (χ0n) is 9.00. The second-order valence-corrected chi connectivity index (χ2v) is 4.02. The van der Waals surface area contributed by atoms with Crippen LogP contribution in [0.15, 0.2) is 12.1 Å². The number of benzene rings is 1. The molecule has 1 aromatic carbocycles. The lowest BCUT2D eigenvalue weighted by Gasteiger charge is -2.25. The van der Waals surface area contributed by atoms with Gasteiger partial charge >= 0.3 is 0 Å². The molecule has 0 aliphatic carbocycles. The molecule has 0 saturated carbocycles. The van der Waals surface area contributed by atoms with Crippen molar-refractivity contribution in [2.24, 2.45) is 0 Å². The highest BCUT2D eigenvalue weighted by atomic mass is 35.5. The number of hydrogen-bond donors (Lipinski definition) is 2. The highest BCUT2D eigenvalue weighted by Gasteiger charge is 2.20. The minimum Gasteiger partial charge on any atom is -0.508 e. The van der Waals surface area contributed by atoms with Crippen LogP contribution in [0.25, 0.3) is 0 Å². The van der Waals surface area contributed by atoms with E-state index in [9.17, 15) is 5.11 Å². The van der Waals surface area contributed by atoms with Crippen molar-refractivity contribution in [3.05, 3.63) is 22.7 Å². The second-order valence-electron chi connectivity index (χ2n) is 3.61. The summed E-state index contributed by atoms with van der Waals surface area (Å²) in [7, 11) is 1.54. The molecule has 5 heteroatoms. The first kappa shape index (κ1) is 11.5. The third-order valence-electron chi connectivity index (χ3n) is 2.58. The van der Waals surface area contributed by atoms with Gasteiger partial charge in [-0.15, -0.1) is 0 Å². The molecule has 0 aromatic heterocycles. The topological polar surface area (TPSA) is 50.7 Å². The van der Waals surface area contributed by atoms with E-state index in [1.165, 1.54) is 6.07 Å². The van der Waals surface area contributed by atoms with Crippen molar-refractivity contribution in [2.45, 2.75) is 6.10 Å². The molecule has 0 bridgehead atoms. The van der Waals surface area contributed by atoms with Gasteiger partial charge in [-0.2, -0.15) is 0 Å². The number of halogens is 1. The maximum absolute atomic E-state index is 9.82. The van der Waals surface area contributed by atoms with Crippen LogP contribution in [-0.4, -0.2) is 31.9 Å². The standard InChI is InChI=1S/C11H14ClNO3/c1-15-10-4-7(9(14)5-8(10)12)11-6-13-2-3-16-11/h4-5,11,13-14H,2-3,6H2,1H3. The predicted octanol–water partition coefficient (Wildman–Crippen LogP) is 1.72. The minimum absolute atomic E-state index is 0.138. The van der Waals surface area contributed by atoms with Crippen molar-refractivity contribution in [3.8, 4) is 11.5 Å². The van der Waals surface area contributed by atoms with Crippen LogP contribution >= 0.6 is 11.6 Å². The van der Waals surface area contributed by atoms with E-state index in [1.807, 2.05) is 0 Å². The molecule has 1 aliphatic heterocycles. The Morgan fingerprint density at radius 3 is 3.00 bits per heavy atom. The first-order chi connectivity index (χ1) is 7.72. The molecule has 0 amide bonds. The summed E-state index contributed by atoms with van der Waals surface area (Å²) in [5.74, 6) is 0.683. The fourth-order valence-electron chi connectivity index (χ4n) is 1.74. The molecular formula is C11H14ClNO3. The summed E-state index contributed by atoms with van der Waals surface area (Å²) in [5.41, 5.74) is 0.702.